The molecule has 2 rings (SSSR count). The smallest absolute Gasteiger partial charge is 0.00172 e. The van der Waals surface area contributed by atoms with Crippen LogP contribution in [0.3, 0.4) is 0 Å². The molecule has 2 aromatic carbocycles. The molecule has 0 atom stereocenters. The van der Waals surface area contributed by atoms with Crippen molar-refractivity contribution in [2.45, 2.75) is 6.42 Å². The summed E-state index contributed by atoms with van der Waals surface area (Å²) in [6.45, 7) is 1.02. The highest BCUT2D eigenvalue weighted by Gasteiger charge is 1.96. The molecule has 1 nitrogen and oxygen atoms in total. The van der Waals surface area contributed by atoms with Gasteiger partial charge in [-0.05, 0) is 42.8 Å². The van der Waals surface area contributed by atoms with Crippen LogP contribution in [0.1, 0.15) is 12.0 Å². The Balaban J connectivity index is 2.13. The van der Waals surface area contributed by atoms with Crippen molar-refractivity contribution in [3.05, 3.63) is 66.2 Å². The Morgan fingerprint density at radius 1 is 0.944 bits per heavy atom. The normalized spacial score (nSPS) is 10.9. The maximum Gasteiger partial charge on any atom is -0.00172 e. The van der Waals surface area contributed by atoms with E-state index >= 15 is 0 Å². The summed E-state index contributed by atoms with van der Waals surface area (Å²) in [6.07, 6.45) is 5.45. The largest absolute Gasteiger partial charge is 0.319 e. The van der Waals surface area contributed by atoms with E-state index in [-0.39, 0.29) is 0 Å². The highest BCUT2D eigenvalue weighted by molar-refractivity contribution is 5.67. The predicted molar refractivity (Wildman–Crippen MR) is 79.5 cm³/mol. The van der Waals surface area contributed by atoms with Crippen LogP contribution >= 0.6 is 0 Å². The monoisotopic (exact) mass is 237 g/mol. The molecule has 0 bridgehead atoms. The first-order chi connectivity index (χ1) is 8.90. The lowest BCUT2D eigenvalue weighted by Gasteiger charge is -2.02. The number of hydrogen-bond donors (Lipinski definition) is 1. The van der Waals surface area contributed by atoms with Crippen molar-refractivity contribution in [3.63, 3.8) is 0 Å². The zero-order valence-electron chi connectivity index (χ0n) is 10.8. The molecule has 1 heteroatoms. The molecule has 0 radical (unpaired) electrons. The van der Waals surface area contributed by atoms with E-state index in [1.54, 1.807) is 0 Å². The van der Waals surface area contributed by atoms with Gasteiger partial charge in [0, 0.05) is 0 Å². The van der Waals surface area contributed by atoms with E-state index in [4.69, 9.17) is 0 Å². The summed E-state index contributed by atoms with van der Waals surface area (Å²) in [5.41, 5.74) is 3.79. The van der Waals surface area contributed by atoms with Crippen molar-refractivity contribution in [3.8, 4) is 11.1 Å². The molecule has 0 aliphatic rings. The van der Waals surface area contributed by atoms with E-state index in [1.165, 1.54) is 16.7 Å². The van der Waals surface area contributed by atoms with Crippen molar-refractivity contribution < 1.29 is 0 Å². The highest BCUT2D eigenvalue weighted by atomic mass is 14.8. The first kappa shape index (κ1) is 12.6. The molecule has 0 unspecified atom stereocenters. The minimum Gasteiger partial charge on any atom is -0.319 e. The second-order valence-electron chi connectivity index (χ2n) is 4.29. The molecular formula is C17H19N. The molecule has 1 N–H and O–H groups in total. The molecule has 18 heavy (non-hydrogen) atoms. The lowest BCUT2D eigenvalue weighted by molar-refractivity contribution is 0.809. The van der Waals surface area contributed by atoms with Gasteiger partial charge in [-0.15, -0.1) is 0 Å². The van der Waals surface area contributed by atoms with Gasteiger partial charge in [0.1, 0.15) is 0 Å². The summed E-state index contributed by atoms with van der Waals surface area (Å²) in [4.78, 5) is 0. The molecule has 0 aliphatic heterocycles. The summed E-state index contributed by atoms with van der Waals surface area (Å²) in [6, 6.07) is 19.1. The fraction of sp³-hybridized carbons (Fsp3) is 0.176. The van der Waals surface area contributed by atoms with E-state index in [0.29, 0.717) is 0 Å². The van der Waals surface area contributed by atoms with E-state index in [2.05, 4.69) is 66.0 Å². The molecule has 0 aliphatic carbocycles. The maximum absolute atomic E-state index is 3.14. The maximum atomic E-state index is 3.14. The quantitative estimate of drug-likeness (QED) is 0.776. The minimum absolute atomic E-state index is 1.02. The lowest BCUT2D eigenvalue weighted by Crippen LogP contribution is -2.05. The molecule has 0 amide bonds. The van der Waals surface area contributed by atoms with Gasteiger partial charge in [0.2, 0.25) is 0 Å². The summed E-state index contributed by atoms with van der Waals surface area (Å²) in [5, 5.41) is 3.14. The van der Waals surface area contributed by atoms with Gasteiger partial charge in [-0.3, -0.25) is 0 Å². The third kappa shape index (κ3) is 3.57. The first-order valence-electron chi connectivity index (χ1n) is 6.37. The number of hydrogen-bond acceptors (Lipinski definition) is 1. The number of benzene rings is 2. The summed E-state index contributed by atoms with van der Waals surface area (Å²) < 4.78 is 0. The molecule has 92 valence electrons. The van der Waals surface area contributed by atoms with Crippen LogP contribution in [0.4, 0.5) is 0 Å². The third-order valence-corrected chi connectivity index (χ3v) is 2.87. The van der Waals surface area contributed by atoms with Gasteiger partial charge < -0.3 is 5.32 Å². The van der Waals surface area contributed by atoms with Gasteiger partial charge in [0.05, 0.1) is 0 Å². The molecule has 0 saturated carbocycles. The number of rotatable bonds is 5. The average molecular weight is 237 g/mol. The van der Waals surface area contributed by atoms with Crippen LogP contribution in [0.2, 0.25) is 0 Å². The van der Waals surface area contributed by atoms with Crippen LogP contribution < -0.4 is 5.32 Å². The molecule has 0 spiro atoms. The van der Waals surface area contributed by atoms with Crippen molar-refractivity contribution in [1.29, 1.82) is 0 Å². The zero-order valence-corrected chi connectivity index (χ0v) is 10.8. The van der Waals surface area contributed by atoms with E-state index in [9.17, 15) is 0 Å². The molecule has 0 aromatic heterocycles. The topological polar surface area (TPSA) is 12.0 Å². The third-order valence-electron chi connectivity index (χ3n) is 2.87. The SMILES string of the molecule is CNCCC=Cc1cccc(-c2ccccc2)c1. The Kier molecular flexibility index (Phi) is 4.74. The Hall–Kier alpha value is -1.86. The molecule has 0 fully saturated rings. The summed E-state index contributed by atoms with van der Waals surface area (Å²) in [7, 11) is 1.98. The molecule has 0 saturated heterocycles. The Bertz CT molecular complexity index is 500. The lowest BCUT2D eigenvalue weighted by atomic mass is 10.0. The van der Waals surface area contributed by atoms with Gasteiger partial charge in [-0.1, -0.05) is 60.7 Å². The van der Waals surface area contributed by atoms with Crippen LogP contribution in [-0.2, 0) is 0 Å². The van der Waals surface area contributed by atoms with Gasteiger partial charge >= 0.3 is 0 Å². The number of nitrogens with one attached hydrogen (secondary N) is 1. The van der Waals surface area contributed by atoms with Crippen molar-refractivity contribution >= 4 is 6.08 Å². The van der Waals surface area contributed by atoms with Crippen LogP contribution in [-0.4, -0.2) is 13.6 Å². The standard InChI is InChI=1S/C17H19N/c1-18-13-6-5-8-15-9-7-12-17(14-15)16-10-3-2-4-11-16/h2-5,7-12,14,18H,6,13H2,1H3. The second kappa shape index (κ2) is 6.77. The van der Waals surface area contributed by atoms with Crippen LogP contribution in [0.5, 0.6) is 0 Å². The summed E-state index contributed by atoms with van der Waals surface area (Å²) >= 11 is 0. The van der Waals surface area contributed by atoms with Crippen LogP contribution in [0.15, 0.2) is 60.7 Å². The second-order valence-corrected chi connectivity index (χ2v) is 4.29. The van der Waals surface area contributed by atoms with Gasteiger partial charge in [-0.25, -0.2) is 0 Å². The van der Waals surface area contributed by atoms with Crippen molar-refractivity contribution in [2.24, 2.45) is 0 Å². The van der Waals surface area contributed by atoms with Crippen LogP contribution in [0.25, 0.3) is 17.2 Å². The first-order valence-corrected chi connectivity index (χ1v) is 6.37. The van der Waals surface area contributed by atoms with E-state index < -0.39 is 0 Å². The van der Waals surface area contributed by atoms with Crippen molar-refractivity contribution in [2.75, 3.05) is 13.6 Å². The van der Waals surface area contributed by atoms with E-state index in [0.717, 1.165) is 13.0 Å². The average Bonchev–Trinajstić information content (AvgIpc) is 2.45. The fourth-order valence-electron chi connectivity index (χ4n) is 1.90. The van der Waals surface area contributed by atoms with Gasteiger partial charge in [0.25, 0.3) is 0 Å². The van der Waals surface area contributed by atoms with Crippen LogP contribution in [0, 0.1) is 0 Å². The summed E-state index contributed by atoms with van der Waals surface area (Å²) in [5.74, 6) is 0. The minimum atomic E-state index is 1.02. The van der Waals surface area contributed by atoms with Gasteiger partial charge in [-0.2, -0.15) is 0 Å². The molecular weight excluding hydrogens is 218 g/mol. The van der Waals surface area contributed by atoms with Crippen molar-refractivity contribution in [1.82, 2.24) is 5.32 Å². The molecule has 2 aromatic rings. The predicted octanol–water partition coefficient (Wildman–Crippen LogP) is 3.98. The Morgan fingerprint density at radius 3 is 2.50 bits per heavy atom. The zero-order chi connectivity index (χ0) is 12.6. The highest BCUT2D eigenvalue weighted by Crippen LogP contribution is 2.20. The Labute approximate surface area is 109 Å². The van der Waals surface area contributed by atoms with Gasteiger partial charge in [0.15, 0.2) is 0 Å². The Morgan fingerprint density at radius 2 is 1.72 bits per heavy atom. The van der Waals surface area contributed by atoms with E-state index in [1.807, 2.05) is 13.1 Å². The fourth-order valence-corrected chi connectivity index (χ4v) is 1.90. The molecule has 0 heterocycles.